The Morgan fingerprint density at radius 2 is 1.69 bits per heavy atom. The molecule has 0 unspecified atom stereocenters. The zero-order chi connectivity index (χ0) is 17.4. The molecule has 1 amide bonds. The highest BCUT2D eigenvalue weighted by Gasteiger charge is 3.11. The van der Waals surface area contributed by atoms with Gasteiger partial charge in [0, 0.05) is 30.1 Å². The molecule has 7 aliphatic rings. The molecule has 0 spiro atoms. The van der Waals surface area contributed by atoms with Gasteiger partial charge in [-0.2, -0.15) is 0 Å². The van der Waals surface area contributed by atoms with E-state index in [-0.39, 0.29) is 5.41 Å². The van der Waals surface area contributed by atoms with Gasteiger partial charge in [0.15, 0.2) is 0 Å². The van der Waals surface area contributed by atoms with Gasteiger partial charge in [-0.3, -0.25) is 4.79 Å². The number of aliphatic hydroxyl groups is 1. The summed E-state index contributed by atoms with van der Waals surface area (Å²) in [7, 11) is 0. The summed E-state index contributed by atoms with van der Waals surface area (Å²) in [5.74, 6) is 5.24. The van der Waals surface area contributed by atoms with Gasteiger partial charge < -0.3 is 10.0 Å². The lowest BCUT2D eigenvalue weighted by molar-refractivity contribution is -0.645. The van der Waals surface area contributed by atoms with Crippen molar-refractivity contribution in [3.63, 3.8) is 0 Å². The zero-order valence-corrected chi connectivity index (χ0v) is 15.5. The fourth-order valence-electron chi connectivity index (χ4n) is 8.57. The molecular weight excluding hydrogens is 346 g/mol. The Morgan fingerprint density at radius 3 is 2.23 bits per heavy atom. The van der Waals surface area contributed by atoms with Crippen LogP contribution in [0.1, 0.15) is 18.4 Å². The van der Waals surface area contributed by atoms with Gasteiger partial charge in [0.05, 0.1) is 5.41 Å². The summed E-state index contributed by atoms with van der Waals surface area (Å²) >= 11 is 5.99. The fraction of sp³-hybridized carbons (Fsp3) is 0.682. The predicted octanol–water partition coefficient (Wildman–Crippen LogP) is 2.85. The summed E-state index contributed by atoms with van der Waals surface area (Å²) < 4.78 is 0. The lowest BCUT2D eigenvalue weighted by Gasteiger charge is -3.10. The third-order valence-electron chi connectivity index (χ3n) is 9.53. The fourth-order valence-corrected chi connectivity index (χ4v) is 8.70. The first-order chi connectivity index (χ1) is 12.7. The van der Waals surface area contributed by atoms with Crippen LogP contribution < -0.4 is 0 Å². The number of benzene rings is 1. The lowest BCUT2D eigenvalue weighted by Crippen LogP contribution is -3.11. The highest BCUT2D eigenvalue weighted by atomic mass is 35.5. The number of halogens is 1. The summed E-state index contributed by atoms with van der Waals surface area (Å²) in [6, 6.07) is 8.04. The van der Waals surface area contributed by atoms with Crippen molar-refractivity contribution in [2.45, 2.75) is 19.3 Å². The molecule has 26 heavy (non-hydrogen) atoms. The van der Waals surface area contributed by atoms with E-state index in [1.54, 1.807) is 0 Å². The van der Waals surface area contributed by atoms with Crippen LogP contribution >= 0.6 is 11.6 Å². The van der Waals surface area contributed by atoms with Crippen LogP contribution in [0.15, 0.2) is 24.3 Å². The lowest BCUT2D eigenvalue weighted by atomic mass is 8.92. The van der Waals surface area contributed by atoms with Gasteiger partial charge in [0.2, 0.25) is 5.91 Å². The van der Waals surface area contributed by atoms with Crippen molar-refractivity contribution < 1.29 is 9.90 Å². The smallest absolute Gasteiger partial charge is 0.229 e. The molecular formula is C22H24ClNO2. The van der Waals surface area contributed by atoms with Crippen LogP contribution in [0.25, 0.3) is 0 Å². The van der Waals surface area contributed by atoms with Crippen LogP contribution in [-0.4, -0.2) is 35.6 Å². The number of carbonyl (C=O) groups is 1. The first-order valence-electron chi connectivity index (χ1n) is 10.3. The Hall–Kier alpha value is -1.06. The minimum Gasteiger partial charge on any atom is -0.396 e. The maximum Gasteiger partial charge on any atom is 0.229 e. The van der Waals surface area contributed by atoms with Crippen molar-refractivity contribution in [1.29, 1.82) is 0 Å². The van der Waals surface area contributed by atoms with Crippen molar-refractivity contribution in [2.75, 3.05) is 19.7 Å². The summed E-state index contributed by atoms with van der Waals surface area (Å²) in [5, 5.41) is 10.6. The molecule has 1 N–H and O–H groups in total. The Balaban J connectivity index is 1.10. The van der Waals surface area contributed by atoms with E-state index in [0.29, 0.717) is 53.4 Å². The van der Waals surface area contributed by atoms with Gasteiger partial charge in [-0.25, -0.2) is 0 Å². The average molecular weight is 370 g/mol. The topological polar surface area (TPSA) is 40.5 Å². The van der Waals surface area contributed by atoms with E-state index in [1.165, 1.54) is 18.4 Å². The highest BCUT2D eigenvalue weighted by molar-refractivity contribution is 6.30. The number of rotatable bonds is 7. The molecule has 0 bridgehead atoms. The molecule has 0 radical (unpaired) electrons. The molecule has 1 aromatic rings. The monoisotopic (exact) mass is 369 g/mol. The van der Waals surface area contributed by atoms with Gasteiger partial charge in [-0.15, -0.1) is 0 Å². The molecule has 0 heterocycles. The minimum atomic E-state index is 0.0335. The first kappa shape index (κ1) is 14.9. The standard InChI is InChI=1S/C22H24ClNO2/c23-13-5-3-11(4-6-13)7-8-24(9-12-1-2-12)20(26)22-17-14-18(22)16-19(22)15(17)21(14,16)10-25/h3-6,12,14-19,25H,1-2,7-10H2. The zero-order valence-electron chi connectivity index (χ0n) is 14.8. The number of amides is 1. The molecule has 0 saturated heterocycles. The summed E-state index contributed by atoms with van der Waals surface area (Å²) in [6.45, 7) is 2.19. The summed E-state index contributed by atoms with van der Waals surface area (Å²) in [6.07, 6.45) is 3.49. The molecule has 0 atom stereocenters. The van der Waals surface area contributed by atoms with E-state index < -0.39 is 0 Å². The molecule has 136 valence electrons. The molecule has 7 saturated carbocycles. The highest BCUT2D eigenvalue weighted by Crippen LogP contribution is 3.10. The van der Waals surface area contributed by atoms with E-state index in [9.17, 15) is 9.90 Å². The number of hydrogen-bond acceptors (Lipinski definition) is 2. The molecule has 0 aliphatic heterocycles. The first-order valence-corrected chi connectivity index (χ1v) is 10.7. The second-order valence-corrected chi connectivity index (χ2v) is 10.4. The normalized spacial score (nSPS) is 49.8. The molecule has 7 aliphatic carbocycles. The van der Waals surface area contributed by atoms with Gasteiger partial charge in [-0.05, 0) is 78.4 Å². The number of aliphatic hydroxyl groups excluding tert-OH is 1. The van der Waals surface area contributed by atoms with Crippen molar-refractivity contribution in [2.24, 2.45) is 52.3 Å². The molecule has 4 heteroatoms. The van der Waals surface area contributed by atoms with Crippen molar-refractivity contribution in [3.8, 4) is 0 Å². The Bertz CT molecular complexity index is 776. The van der Waals surface area contributed by atoms with Crippen LogP contribution in [0, 0.1) is 52.3 Å². The maximum atomic E-state index is 13.6. The quantitative estimate of drug-likeness (QED) is 0.802. The van der Waals surface area contributed by atoms with Crippen LogP contribution in [0.4, 0.5) is 0 Å². The Labute approximate surface area is 158 Å². The van der Waals surface area contributed by atoms with Gasteiger partial charge in [0.25, 0.3) is 0 Å². The predicted molar refractivity (Wildman–Crippen MR) is 97.4 cm³/mol. The van der Waals surface area contributed by atoms with E-state index in [4.69, 9.17) is 11.6 Å². The van der Waals surface area contributed by atoms with Gasteiger partial charge >= 0.3 is 0 Å². The van der Waals surface area contributed by atoms with Gasteiger partial charge in [-0.1, -0.05) is 23.7 Å². The summed E-state index contributed by atoms with van der Waals surface area (Å²) in [4.78, 5) is 15.8. The van der Waals surface area contributed by atoms with Crippen LogP contribution in [0.2, 0.25) is 5.02 Å². The molecule has 1 aromatic carbocycles. The number of carbonyl (C=O) groups excluding carboxylic acids is 1. The largest absolute Gasteiger partial charge is 0.396 e. The second kappa shape index (κ2) is 4.33. The van der Waals surface area contributed by atoms with E-state index in [0.717, 1.165) is 30.5 Å². The van der Waals surface area contributed by atoms with E-state index >= 15 is 0 Å². The van der Waals surface area contributed by atoms with Crippen molar-refractivity contribution >= 4 is 17.5 Å². The van der Waals surface area contributed by atoms with Crippen LogP contribution in [-0.2, 0) is 11.2 Å². The number of hydrogen-bond donors (Lipinski definition) is 1. The molecule has 0 aromatic heterocycles. The third kappa shape index (κ3) is 1.25. The average Bonchev–Trinajstić information content (AvgIpc) is 3.49. The van der Waals surface area contributed by atoms with Crippen LogP contribution in [0.5, 0.6) is 0 Å². The minimum absolute atomic E-state index is 0.0335. The van der Waals surface area contributed by atoms with E-state index in [2.05, 4.69) is 17.0 Å². The van der Waals surface area contributed by atoms with Crippen molar-refractivity contribution in [3.05, 3.63) is 34.9 Å². The van der Waals surface area contributed by atoms with Gasteiger partial charge in [0.1, 0.15) is 0 Å². The number of nitrogens with zero attached hydrogens (tertiary/aromatic N) is 1. The maximum absolute atomic E-state index is 13.6. The molecule has 7 fully saturated rings. The Morgan fingerprint density at radius 1 is 1.08 bits per heavy atom. The molecule has 3 nitrogen and oxygen atoms in total. The SMILES string of the molecule is O=C(N(CCc1ccc(Cl)cc1)CC1CC1)C12C3C4C1C1C2C3C41CO. The Kier molecular flexibility index (Phi) is 2.49. The third-order valence-corrected chi connectivity index (χ3v) is 9.78. The van der Waals surface area contributed by atoms with Crippen molar-refractivity contribution in [1.82, 2.24) is 4.90 Å². The van der Waals surface area contributed by atoms with Crippen LogP contribution in [0.3, 0.4) is 0 Å². The van der Waals surface area contributed by atoms with E-state index in [1.807, 2.05) is 12.1 Å². The molecule has 8 rings (SSSR count). The second-order valence-electron chi connectivity index (χ2n) is 9.93. The summed E-state index contributed by atoms with van der Waals surface area (Å²) in [5.41, 5.74) is 1.59.